The molecule has 0 saturated carbocycles. The van der Waals surface area contributed by atoms with Gasteiger partial charge in [-0.3, -0.25) is 0 Å². The van der Waals surface area contributed by atoms with E-state index in [9.17, 15) is 5.11 Å². The van der Waals surface area contributed by atoms with E-state index in [0.717, 1.165) is 17.1 Å². The van der Waals surface area contributed by atoms with Crippen molar-refractivity contribution in [2.24, 2.45) is 0 Å². The molecule has 1 aromatic heterocycles. The van der Waals surface area contributed by atoms with Crippen LogP contribution in [0.2, 0.25) is 0 Å². The van der Waals surface area contributed by atoms with Gasteiger partial charge >= 0.3 is 0 Å². The SMILES string of the molecule is CNC(C)Cc1noc(CSc2ccc(O)cc2)n1.Cl. The van der Waals surface area contributed by atoms with Crippen LogP contribution in [-0.4, -0.2) is 28.3 Å². The summed E-state index contributed by atoms with van der Waals surface area (Å²) in [6.45, 7) is 2.07. The Kier molecular flexibility index (Phi) is 6.84. The average Bonchev–Trinajstić information content (AvgIpc) is 2.85. The summed E-state index contributed by atoms with van der Waals surface area (Å²) in [5.74, 6) is 2.25. The zero-order chi connectivity index (χ0) is 13.7. The molecule has 0 amide bonds. The number of nitrogens with zero attached hydrogens (tertiary/aromatic N) is 2. The van der Waals surface area contributed by atoms with Gasteiger partial charge < -0.3 is 14.9 Å². The minimum Gasteiger partial charge on any atom is -0.508 e. The molecule has 1 heterocycles. The van der Waals surface area contributed by atoms with Gasteiger partial charge in [0.15, 0.2) is 5.82 Å². The predicted molar refractivity (Wildman–Crippen MR) is 81.4 cm³/mol. The van der Waals surface area contributed by atoms with Crippen molar-refractivity contribution in [2.45, 2.75) is 30.0 Å². The molecule has 0 aliphatic heterocycles. The van der Waals surface area contributed by atoms with E-state index >= 15 is 0 Å². The van der Waals surface area contributed by atoms with E-state index in [0.29, 0.717) is 17.7 Å². The zero-order valence-electron chi connectivity index (χ0n) is 11.4. The minimum atomic E-state index is 0. The highest BCUT2D eigenvalue weighted by Gasteiger charge is 2.09. The molecule has 0 radical (unpaired) electrons. The average molecular weight is 316 g/mol. The Labute approximate surface area is 128 Å². The van der Waals surface area contributed by atoms with Crippen molar-refractivity contribution in [1.29, 1.82) is 0 Å². The molecule has 0 spiro atoms. The lowest BCUT2D eigenvalue weighted by Crippen LogP contribution is -2.24. The summed E-state index contributed by atoms with van der Waals surface area (Å²) >= 11 is 1.60. The fourth-order valence-electron chi connectivity index (χ4n) is 1.50. The highest BCUT2D eigenvalue weighted by Crippen LogP contribution is 2.23. The summed E-state index contributed by atoms with van der Waals surface area (Å²) in [6, 6.07) is 7.38. The van der Waals surface area contributed by atoms with Crippen molar-refractivity contribution >= 4 is 24.2 Å². The molecule has 0 saturated heterocycles. The van der Waals surface area contributed by atoms with Crippen LogP contribution in [0.25, 0.3) is 0 Å². The third-order valence-corrected chi connectivity index (χ3v) is 3.69. The Morgan fingerprint density at radius 2 is 2.05 bits per heavy atom. The largest absolute Gasteiger partial charge is 0.508 e. The molecule has 5 nitrogen and oxygen atoms in total. The molecule has 1 aromatic carbocycles. The molecule has 0 aliphatic rings. The number of nitrogens with one attached hydrogen (secondary N) is 1. The number of phenols is 1. The Bertz CT molecular complexity index is 519. The third kappa shape index (κ3) is 5.03. The zero-order valence-corrected chi connectivity index (χ0v) is 13.0. The summed E-state index contributed by atoms with van der Waals surface area (Å²) in [4.78, 5) is 5.40. The number of hydrogen-bond acceptors (Lipinski definition) is 6. The van der Waals surface area contributed by atoms with E-state index in [1.807, 2.05) is 19.2 Å². The summed E-state index contributed by atoms with van der Waals surface area (Å²) in [6.07, 6.45) is 0.754. The second-order valence-electron chi connectivity index (χ2n) is 4.28. The van der Waals surface area contributed by atoms with Crippen LogP contribution in [0.1, 0.15) is 18.6 Å². The van der Waals surface area contributed by atoms with Crippen LogP contribution < -0.4 is 5.32 Å². The molecule has 2 N–H and O–H groups in total. The van der Waals surface area contributed by atoms with Crippen molar-refractivity contribution in [3.05, 3.63) is 36.0 Å². The monoisotopic (exact) mass is 315 g/mol. The molecule has 2 aromatic rings. The molecular formula is C13H18ClN3O2S. The van der Waals surface area contributed by atoms with Crippen LogP contribution in [-0.2, 0) is 12.2 Å². The van der Waals surface area contributed by atoms with Crippen LogP contribution in [0.3, 0.4) is 0 Å². The second-order valence-corrected chi connectivity index (χ2v) is 5.33. The van der Waals surface area contributed by atoms with E-state index in [-0.39, 0.29) is 18.2 Å². The van der Waals surface area contributed by atoms with Crippen molar-refractivity contribution in [3.63, 3.8) is 0 Å². The van der Waals surface area contributed by atoms with Gasteiger partial charge in [-0.25, -0.2) is 0 Å². The van der Waals surface area contributed by atoms with E-state index in [2.05, 4.69) is 22.4 Å². The molecule has 1 unspecified atom stereocenters. The summed E-state index contributed by atoms with van der Waals surface area (Å²) in [7, 11) is 1.91. The molecule has 2 rings (SSSR count). The van der Waals surface area contributed by atoms with Gasteiger partial charge in [-0.2, -0.15) is 4.98 Å². The number of aromatic hydroxyl groups is 1. The fourth-order valence-corrected chi connectivity index (χ4v) is 2.23. The molecule has 0 aliphatic carbocycles. The normalized spacial score (nSPS) is 11.9. The minimum absolute atomic E-state index is 0. The van der Waals surface area contributed by atoms with Crippen LogP contribution in [0.4, 0.5) is 0 Å². The Hall–Kier alpha value is -1.24. The van der Waals surface area contributed by atoms with Gasteiger partial charge in [0.05, 0.1) is 5.75 Å². The molecular weight excluding hydrogens is 298 g/mol. The number of aromatic nitrogens is 2. The quantitative estimate of drug-likeness (QED) is 0.799. The summed E-state index contributed by atoms with van der Waals surface area (Å²) in [5.41, 5.74) is 0. The molecule has 110 valence electrons. The van der Waals surface area contributed by atoms with E-state index in [1.54, 1.807) is 23.9 Å². The maximum atomic E-state index is 9.20. The van der Waals surface area contributed by atoms with Crippen LogP contribution in [0, 0.1) is 0 Å². The van der Waals surface area contributed by atoms with Gasteiger partial charge in [-0.1, -0.05) is 5.16 Å². The van der Waals surface area contributed by atoms with Gasteiger partial charge in [-0.15, -0.1) is 24.2 Å². The van der Waals surface area contributed by atoms with Crippen LogP contribution >= 0.6 is 24.2 Å². The van der Waals surface area contributed by atoms with Gasteiger partial charge in [0, 0.05) is 17.4 Å². The Morgan fingerprint density at radius 3 is 2.70 bits per heavy atom. The first-order valence-electron chi connectivity index (χ1n) is 6.08. The maximum Gasteiger partial charge on any atom is 0.237 e. The smallest absolute Gasteiger partial charge is 0.237 e. The number of rotatable bonds is 6. The van der Waals surface area contributed by atoms with Crippen molar-refractivity contribution in [3.8, 4) is 5.75 Å². The predicted octanol–water partition coefficient (Wildman–Crippen LogP) is 2.64. The second kappa shape index (κ2) is 8.14. The van der Waals surface area contributed by atoms with Crippen molar-refractivity contribution in [1.82, 2.24) is 15.5 Å². The molecule has 1 atom stereocenters. The van der Waals surface area contributed by atoms with Gasteiger partial charge in [-0.05, 0) is 38.2 Å². The first-order valence-corrected chi connectivity index (χ1v) is 7.06. The van der Waals surface area contributed by atoms with E-state index in [4.69, 9.17) is 4.52 Å². The highest BCUT2D eigenvalue weighted by molar-refractivity contribution is 7.98. The molecule has 0 bridgehead atoms. The highest BCUT2D eigenvalue weighted by atomic mass is 35.5. The van der Waals surface area contributed by atoms with Crippen LogP contribution in [0.15, 0.2) is 33.7 Å². The van der Waals surface area contributed by atoms with Gasteiger partial charge in [0.2, 0.25) is 5.89 Å². The number of halogens is 1. The van der Waals surface area contributed by atoms with Gasteiger partial charge in [0.1, 0.15) is 5.75 Å². The lowest BCUT2D eigenvalue weighted by Gasteiger charge is -2.04. The lowest BCUT2D eigenvalue weighted by molar-refractivity contribution is 0.382. The molecule has 20 heavy (non-hydrogen) atoms. The Balaban J connectivity index is 0.00000200. The third-order valence-electron chi connectivity index (χ3n) is 2.69. The van der Waals surface area contributed by atoms with Crippen LogP contribution in [0.5, 0.6) is 5.75 Å². The van der Waals surface area contributed by atoms with Crippen molar-refractivity contribution in [2.75, 3.05) is 7.05 Å². The first-order chi connectivity index (χ1) is 9.17. The topological polar surface area (TPSA) is 71.2 Å². The fraction of sp³-hybridized carbons (Fsp3) is 0.385. The first kappa shape index (κ1) is 16.8. The number of phenolic OH excluding ortho intramolecular Hbond substituents is 1. The summed E-state index contributed by atoms with van der Waals surface area (Å²) in [5, 5.41) is 16.3. The van der Waals surface area contributed by atoms with E-state index in [1.165, 1.54) is 0 Å². The number of hydrogen-bond donors (Lipinski definition) is 2. The standard InChI is InChI=1S/C13H17N3O2S.ClH/c1-9(14-2)7-12-15-13(18-16-12)8-19-11-5-3-10(17)4-6-11;/h3-6,9,14,17H,7-8H2,1-2H3;1H. The maximum absolute atomic E-state index is 9.20. The molecule has 7 heteroatoms. The van der Waals surface area contributed by atoms with E-state index < -0.39 is 0 Å². The number of benzene rings is 1. The van der Waals surface area contributed by atoms with Gasteiger partial charge in [0.25, 0.3) is 0 Å². The van der Waals surface area contributed by atoms with Crippen molar-refractivity contribution < 1.29 is 9.63 Å². The molecule has 0 fully saturated rings. The lowest BCUT2D eigenvalue weighted by atomic mass is 10.2. The number of thioether (sulfide) groups is 1. The summed E-state index contributed by atoms with van der Waals surface area (Å²) < 4.78 is 5.20. The Morgan fingerprint density at radius 1 is 1.35 bits per heavy atom. The number of likely N-dealkylation sites (N-methyl/N-ethyl adjacent to an activating group) is 1.